The molecule has 0 aromatic rings. The van der Waals surface area contributed by atoms with Crippen LogP contribution in [0.1, 0.15) is 58.3 Å². The molecule has 7 heteroatoms. The molecule has 0 aromatic carbocycles. The van der Waals surface area contributed by atoms with Crippen LogP contribution in [0.2, 0.25) is 0 Å². The average Bonchev–Trinajstić information content (AvgIpc) is 2.67. The average molecular weight is 513 g/mol. The molecule has 0 aromatic heterocycles. The quantitative estimate of drug-likeness (QED) is 0.152. The number of guanidine groups is 1. The summed E-state index contributed by atoms with van der Waals surface area (Å²) >= 11 is 0. The van der Waals surface area contributed by atoms with Gasteiger partial charge in [-0.25, -0.2) is 0 Å². The second kappa shape index (κ2) is 20.2. The van der Waals surface area contributed by atoms with E-state index in [4.69, 9.17) is 9.47 Å². The largest absolute Gasteiger partial charge is 0.381 e. The molecule has 0 aliphatic carbocycles. The van der Waals surface area contributed by atoms with Crippen molar-refractivity contribution in [2.75, 3.05) is 66.7 Å². The van der Waals surface area contributed by atoms with E-state index in [1.807, 2.05) is 0 Å². The lowest BCUT2D eigenvalue weighted by Gasteiger charge is -2.21. The standard InChI is InChI=1S/C21H44N4O2.HI/c1-4-22-21(23-13-8-6-5-7-9-15-25(2)3)24-14-10-16-27-19-20-11-17-26-18-12-20;/h20H,4-19H2,1-3H3,(H2,22,23,24);1H. The van der Waals surface area contributed by atoms with Crippen LogP contribution >= 0.6 is 24.0 Å². The third-order valence-electron chi connectivity index (χ3n) is 4.83. The molecule has 0 spiro atoms. The second-order valence-corrected chi connectivity index (χ2v) is 7.74. The molecular weight excluding hydrogens is 467 g/mol. The van der Waals surface area contributed by atoms with E-state index in [0.29, 0.717) is 5.92 Å². The third-order valence-corrected chi connectivity index (χ3v) is 4.83. The van der Waals surface area contributed by atoms with Gasteiger partial charge in [0.05, 0.1) is 0 Å². The first kappa shape index (κ1) is 27.9. The van der Waals surface area contributed by atoms with Crippen molar-refractivity contribution in [3.8, 4) is 0 Å². The maximum Gasteiger partial charge on any atom is 0.191 e. The SMILES string of the molecule is CCNC(=NCCCOCC1CCOCC1)NCCCCCCCN(C)C.I. The fourth-order valence-electron chi connectivity index (χ4n) is 3.15. The topological polar surface area (TPSA) is 58.1 Å². The molecule has 28 heavy (non-hydrogen) atoms. The molecule has 2 N–H and O–H groups in total. The molecule has 0 bridgehead atoms. The Balaban J connectivity index is 0.00000729. The van der Waals surface area contributed by atoms with Crippen molar-refractivity contribution in [1.29, 1.82) is 0 Å². The highest BCUT2D eigenvalue weighted by atomic mass is 127. The lowest BCUT2D eigenvalue weighted by Crippen LogP contribution is -2.37. The first-order valence-corrected chi connectivity index (χ1v) is 11.0. The summed E-state index contributed by atoms with van der Waals surface area (Å²) in [6.45, 7) is 9.49. The van der Waals surface area contributed by atoms with Gasteiger partial charge in [-0.3, -0.25) is 4.99 Å². The van der Waals surface area contributed by atoms with Gasteiger partial charge >= 0.3 is 0 Å². The van der Waals surface area contributed by atoms with Gasteiger partial charge in [-0.2, -0.15) is 0 Å². The number of nitrogens with zero attached hydrogens (tertiary/aromatic N) is 2. The summed E-state index contributed by atoms with van der Waals surface area (Å²) < 4.78 is 11.2. The summed E-state index contributed by atoms with van der Waals surface area (Å²) in [5.41, 5.74) is 0. The minimum absolute atomic E-state index is 0. The van der Waals surface area contributed by atoms with Gasteiger partial charge in [0, 0.05) is 46.1 Å². The summed E-state index contributed by atoms with van der Waals surface area (Å²) in [5.74, 6) is 1.62. The van der Waals surface area contributed by atoms with Gasteiger partial charge < -0.3 is 25.0 Å². The summed E-state index contributed by atoms with van der Waals surface area (Å²) in [7, 11) is 4.29. The highest BCUT2D eigenvalue weighted by Crippen LogP contribution is 2.14. The maximum atomic E-state index is 5.81. The van der Waals surface area contributed by atoms with Crippen LogP contribution in [0.15, 0.2) is 4.99 Å². The third kappa shape index (κ3) is 16.8. The summed E-state index contributed by atoms with van der Waals surface area (Å²) in [6.07, 6.45) is 9.73. The van der Waals surface area contributed by atoms with E-state index in [1.54, 1.807) is 0 Å². The second-order valence-electron chi connectivity index (χ2n) is 7.74. The van der Waals surface area contributed by atoms with Gasteiger partial charge in [0.1, 0.15) is 0 Å². The Bertz CT molecular complexity index is 364. The monoisotopic (exact) mass is 512 g/mol. The zero-order chi connectivity index (χ0) is 19.6. The van der Waals surface area contributed by atoms with Crippen LogP contribution in [0.5, 0.6) is 0 Å². The minimum atomic E-state index is 0. The highest BCUT2D eigenvalue weighted by Gasteiger charge is 2.13. The van der Waals surface area contributed by atoms with Gasteiger partial charge in [-0.05, 0) is 65.6 Å². The predicted octanol–water partition coefficient (Wildman–Crippen LogP) is 3.50. The number of unbranched alkanes of at least 4 members (excludes halogenated alkanes) is 4. The van der Waals surface area contributed by atoms with E-state index in [2.05, 4.69) is 41.5 Å². The van der Waals surface area contributed by atoms with Crippen molar-refractivity contribution in [2.45, 2.75) is 58.3 Å². The normalized spacial score (nSPS) is 15.5. The van der Waals surface area contributed by atoms with Crippen LogP contribution in [0.3, 0.4) is 0 Å². The molecular formula is C21H45IN4O2. The number of aliphatic imine (C=N–C) groups is 1. The molecule has 1 heterocycles. The zero-order valence-electron chi connectivity index (χ0n) is 18.5. The molecule has 6 nitrogen and oxygen atoms in total. The van der Waals surface area contributed by atoms with Crippen LogP contribution in [-0.2, 0) is 9.47 Å². The Morgan fingerprint density at radius 2 is 1.75 bits per heavy atom. The Morgan fingerprint density at radius 1 is 1.04 bits per heavy atom. The van der Waals surface area contributed by atoms with Gasteiger partial charge in [-0.15, -0.1) is 24.0 Å². The molecule has 0 atom stereocenters. The number of hydrogen-bond acceptors (Lipinski definition) is 4. The van der Waals surface area contributed by atoms with Crippen LogP contribution in [0.4, 0.5) is 0 Å². The van der Waals surface area contributed by atoms with Gasteiger partial charge in [-0.1, -0.05) is 19.3 Å². The highest BCUT2D eigenvalue weighted by molar-refractivity contribution is 14.0. The first-order valence-electron chi connectivity index (χ1n) is 11.0. The predicted molar refractivity (Wildman–Crippen MR) is 130 cm³/mol. The molecule has 1 aliphatic rings. The maximum absolute atomic E-state index is 5.81. The first-order chi connectivity index (χ1) is 13.2. The molecule has 1 rings (SSSR count). The number of nitrogens with one attached hydrogen (secondary N) is 2. The van der Waals surface area contributed by atoms with Crippen molar-refractivity contribution in [2.24, 2.45) is 10.9 Å². The lowest BCUT2D eigenvalue weighted by molar-refractivity contribution is 0.0205. The van der Waals surface area contributed by atoms with Crippen molar-refractivity contribution in [3.63, 3.8) is 0 Å². The van der Waals surface area contributed by atoms with Gasteiger partial charge in [0.15, 0.2) is 5.96 Å². The van der Waals surface area contributed by atoms with Crippen molar-refractivity contribution < 1.29 is 9.47 Å². The summed E-state index contributed by atoms with van der Waals surface area (Å²) in [4.78, 5) is 6.91. The van der Waals surface area contributed by atoms with E-state index in [0.717, 1.165) is 71.3 Å². The lowest BCUT2D eigenvalue weighted by atomic mass is 10.0. The number of rotatable bonds is 15. The molecule has 168 valence electrons. The van der Waals surface area contributed by atoms with Crippen LogP contribution in [0, 0.1) is 5.92 Å². The van der Waals surface area contributed by atoms with Crippen LogP contribution in [0.25, 0.3) is 0 Å². The van der Waals surface area contributed by atoms with E-state index in [1.165, 1.54) is 38.6 Å². The van der Waals surface area contributed by atoms with Crippen molar-refractivity contribution in [1.82, 2.24) is 15.5 Å². The van der Waals surface area contributed by atoms with Gasteiger partial charge in [0.25, 0.3) is 0 Å². The van der Waals surface area contributed by atoms with Crippen molar-refractivity contribution in [3.05, 3.63) is 0 Å². The number of ether oxygens (including phenoxy) is 2. The van der Waals surface area contributed by atoms with Crippen molar-refractivity contribution >= 4 is 29.9 Å². The minimum Gasteiger partial charge on any atom is -0.381 e. The van der Waals surface area contributed by atoms with E-state index in [9.17, 15) is 0 Å². The number of hydrogen-bond donors (Lipinski definition) is 2. The van der Waals surface area contributed by atoms with Crippen LogP contribution in [-0.4, -0.2) is 77.6 Å². The Labute approximate surface area is 190 Å². The molecule has 0 radical (unpaired) electrons. The smallest absolute Gasteiger partial charge is 0.191 e. The summed E-state index contributed by atoms with van der Waals surface area (Å²) in [5, 5.41) is 6.78. The fraction of sp³-hybridized carbons (Fsp3) is 0.952. The number of halogens is 1. The molecule has 1 fully saturated rings. The Morgan fingerprint density at radius 3 is 2.46 bits per heavy atom. The van der Waals surface area contributed by atoms with E-state index >= 15 is 0 Å². The molecule has 0 saturated carbocycles. The molecule has 0 unspecified atom stereocenters. The zero-order valence-corrected chi connectivity index (χ0v) is 20.8. The van der Waals surface area contributed by atoms with Gasteiger partial charge in [0.2, 0.25) is 0 Å². The van der Waals surface area contributed by atoms with E-state index in [-0.39, 0.29) is 24.0 Å². The Hall–Kier alpha value is -0.120. The molecule has 0 amide bonds. The fourth-order valence-corrected chi connectivity index (χ4v) is 3.15. The summed E-state index contributed by atoms with van der Waals surface area (Å²) in [6, 6.07) is 0. The van der Waals surface area contributed by atoms with Crippen LogP contribution < -0.4 is 10.6 Å². The Kier molecular flexibility index (Phi) is 20.1. The molecule has 1 aliphatic heterocycles. The molecule has 1 saturated heterocycles. The van der Waals surface area contributed by atoms with E-state index < -0.39 is 0 Å².